The highest BCUT2D eigenvalue weighted by molar-refractivity contribution is 6.03. The maximum absolute atomic E-state index is 11.9. The van der Waals surface area contributed by atoms with Crippen molar-refractivity contribution in [1.29, 1.82) is 0 Å². The summed E-state index contributed by atoms with van der Waals surface area (Å²) in [6, 6.07) is 3.34. The zero-order valence-electron chi connectivity index (χ0n) is 19.9. The summed E-state index contributed by atoms with van der Waals surface area (Å²) in [5, 5.41) is 19.3. The summed E-state index contributed by atoms with van der Waals surface area (Å²) < 4.78 is 0. The molecule has 0 aliphatic rings. The Morgan fingerprint density at radius 2 is 1.06 bits per heavy atom. The number of carboxylic acids is 2. The largest absolute Gasteiger partial charge is 0.478 e. The zero-order chi connectivity index (χ0) is 22.9. The van der Waals surface area contributed by atoms with Gasteiger partial charge < -0.3 is 10.2 Å². The molecule has 0 heterocycles. The molecule has 0 spiro atoms. The third-order valence-corrected chi connectivity index (χ3v) is 6.18. The Morgan fingerprint density at radius 1 is 0.613 bits per heavy atom. The minimum atomic E-state index is -1.16. The van der Waals surface area contributed by atoms with Gasteiger partial charge in [-0.3, -0.25) is 0 Å². The van der Waals surface area contributed by atoms with Crippen molar-refractivity contribution in [3.8, 4) is 0 Å². The molecule has 4 nitrogen and oxygen atoms in total. The third kappa shape index (κ3) is 10.8. The van der Waals surface area contributed by atoms with Crippen molar-refractivity contribution in [2.45, 2.75) is 123 Å². The van der Waals surface area contributed by atoms with E-state index in [-0.39, 0.29) is 11.1 Å². The van der Waals surface area contributed by atoms with Gasteiger partial charge >= 0.3 is 11.9 Å². The van der Waals surface area contributed by atoms with E-state index in [0.717, 1.165) is 49.7 Å². The van der Waals surface area contributed by atoms with Gasteiger partial charge in [0, 0.05) is 0 Å². The van der Waals surface area contributed by atoms with Crippen molar-refractivity contribution < 1.29 is 19.8 Å². The van der Waals surface area contributed by atoms with Crippen LogP contribution in [0.3, 0.4) is 0 Å². The normalized spacial score (nSPS) is 11.0. The molecule has 0 bridgehead atoms. The topological polar surface area (TPSA) is 74.6 Å². The number of carbonyl (C=O) groups is 2. The average molecular weight is 433 g/mol. The lowest BCUT2D eigenvalue weighted by Gasteiger charge is -2.15. The summed E-state index contributed by atoms with van der Waals surface area (Å²) in [5.41, 5.74) is 1.71. The first-order chi connectivity index (χ1) is 15.0. The third-order valence-electron chi connectivity index (χ3n) is 6.18. The number of benzene rings is 1. The van der Waals surface area contributed by atoms with Crippen LogP contribution in [0.1, 0.15) is 142 Å². The van der Waals surface area contributed by atoms with Crippen molar-refractivity contribution in [3.05, 3.63) is 34.4 Å². The Labute approximate surface area is 189 Å². The Kier molecular flexibility index (Phi) is 14.7. The number of unbranched alkanes of at least 4 members (excludes halogenated alkanes) is 13. The second-order valence-electron chi connectivity index (χ2n) is 8.83. The molecule has 0 aromatic heterocycles. The van der Waals surface area contributed by atoms with Crippen molar-refractivity contribution in [2.75, 3.05) is 0 Å². The van der Waals surface area contributed by atoms with Gasteiger partial charge in [-0.1, -0.05) is 103 Å². The summed E-state index contributed by atoms with van der Waals surface area (Å²) in [7, 11) is 0. The minimum Gasteiger partial charge on any atom is -0.478 e. The molecule has 0 aliphatic heterocycles. The molecular formula is C27H44O4. The summed E-state index contributed by atoms with van der Waals surface area (Å²) in [4.78, 5) is 23.6. The quantitative estimate of drug-likeness (QED) is 0.217. The standard InChI is InChI=1S/C27H44O4/c1-3-5-7-9-11-13-14-16-18-22-20-21-24(26(28)29)25(27(30)31)23(22)19-17-15-12-10-8-6-4-2/h20-21H,3-19H2,1-2H3,(H,28,29)(H,30,31). The number of aromatic carboxylic acids is 2. The first-order valence-electron chi connectivity index (χ1n) is 12.6. The number of aryl methyl sites for hydroxylation is 1. The summed E-state index contributed by atoms with van der Waals surface area (Å²) in [6.45, 7) is 4.43. The van der Waals surface area contributed by atoms with Crippen LogP contribution in [-0.4, -0.2) is 22.2 Å². The molecule has 0 unspecified atom stereocenters. The highest BCUT2D eigenvalue weighted by Crippen LogP contribution is 2.25. The van der Waals surface area contributed by atoms with Crippen LogP contribution in [0.4, 0.5) is 0 Å². The molecule has 0 fully saturated rings. The predicted molar refractivity (Wildman–Crippen MR) is 128 cm³/mol. The SMILES string of the molecule is CCCCCCCCCCc1ccc(C(=O)O)c(C(=O)O)c1CCCCCCCCC. The van der Waals surface area contributed by atoms with Crippen LogP contribution in [0.5, 0.6) is 0 Å². The Hall–Kier alpha value is -1.84. The lowest BCUT2D eigenvalue weighted by Crippen LogP contribution is -2.14. The Bertz CT molecular complexity index is 651. The van der Waals surface area contributed by atoms with Gasteiger partial charge in [-0.05, 0) is 42.9 Å². The van der Waals surface area contributed by atoms with E-state index in [4.69, 9.17) is 0 Å². The summed E-state index contributed by atoms with van der Waals surface area (Å²) in [6.07, 6.45) is 19.5. The van der Waals surface area contributed by atoms with Crippen LogP contribution in [0.25, 0.3) is 0 Å². The molecule has 0 radical (unpaired) electrons. The van der Waals surface area contributed by atoms with Crippen molar-refractivity contribution in [1.82, 2.24) is 0 Å². The lowest BCUT2D eigenvalue weighted by atomic mass is 9.89. The molecule has 0 atom stereocenters. The number of hydrogen-bond donors (Lipinski definition) is 2. The fourth-order valence-electron chi connectivity index (χ4n) is 4.34. The van der Waals surface area contributed by atoms with Crippen LogP contribution in [0.15, 0.2) is 12.1 Å². The van der Waals surface area contributed by atoms with Gasteiger partial charge in [-0.25, -0.2) is 9.59 Å². The molecule has 1 aromatic rings. The predicted octanol–water partition coefficient (Wildman–Crippen LogP) is 8.06. The van der Waals surface area contributed by atoms with E-state index in [9.17, 15) is 19.8 Å². The monoisotopic (exact) mass is 432 g/mol. The molecule has 31 heavy (non-hydrogen) atoms. The van der Waals surface area contributed by atoms with Crippen molar-refractivity contribution in [2.24, 2.45) is 0 Å². The zero-order valence-corrected chi connectivity index (χ0v) is 19.9. The van der Waals surface area contributed by atoms with Crippen LogP contribution in [-0.2, 0) is 12.8 Å². The van der Waals surface area contributed by atoms with E-state index in [1.165, 1.54) is 70.3 Å². The molecule has 4 heteroatoms. The molecule has 0 saturated heterocycles. The van der Waals surface area contributed by atoms with E-state index in [0.29, 0.717) is 6.42 Å². The molecule has 1 aromatic carbocycles. The van der Waals surface area contributed by atoms with Crippen LogP contribution < -0.4 is 0 Å². The second kappa shape index (κ2) is 16.8. The van der Waals surface area contributed by atoms with E-state index >= 15 is 0 Å². The van der Waals surface area contributed by atoms with Crippen LogP contribution in [0, 0.1) is 0 Å². The fraction of sp³-hybridized carbons (Fsp3) is 0.704. The number of hydrogen-bond acceptors (Lipinski definition) is 2. The molecule has 0 amide bonds. The van der Waals surface area contributed by atoms with Gasteiger partial charge in [-0.15, -0.1) is 0 Å². The van der Waals surface area contributed by atoms with Crippen LogP contribution >= 0.6 is 0 Å². The lowest BCUT2D eigenvalue weighted by molar-refractivity contribution is 0.0650. The van der Waals surface area contributed by atoms with Crippen molar-refractivity contribution in [3.63, 3.8) is 0 Å². The number of carboxylic acid groups (broad SMARTS) is 2. The summed E-state index contributed by atoms with van der Waals surface area (Å²) >= 11 is 0. The maximum atomic E-state index is 11.9. The van der Waals surface area contributed by atoms with E-state index in [1.54, 1.807) is 0 Å². The first kappa shape index (κ1) is 27.2. The minimum absolute atomic E-state index is 0.00977. The van der Waals surface area contributed by atoms with Gasteiger partial charge in [-0.2, -0.15) is 0 Å². The molecule has 1 rings (SSSR count). The molecular weight excluding hydrogens is 388 g/mol. The van der Waals surface area contributed by atoms with Gasteiger partial charge in [0.15, 0.2) is 0 Å². The van der Waals surface area contributed by atoms with E-state index in [1.807, 2.05) is 6.07 Å². The van der Waals surface area contributed by atoms with Gasteiger partial charge in [0.2, 0.25) is 0 Å². The summed E-state index contributed by atoms with van der Waals surface area (Å²) in [5.74, 6) is -2.27. The second-order valence-corrected chi connectivity index (χ2v) is 8.83. The van der Waals surface area contributed by atoms with Gasteiger partial charge in [0.05, 0.1) is 11.1 Å². The van der Waals surface area contributed by atoms with Crippen LogP contribution in [0.2, 0.25) is 0 Å². The van der Waals surface area contributed by atoms with Gasteiger partial charge in [0.1, 0.15) is 0 Å². The maximum Gasteiger partial charge on any atom is 0.336 e. The van der Waals surface area contributed by atoms with Gasteiger partial charge in [0.25, 0.3) is 0 Å². The molecule has 0 aliphatic carbocycles. The van der Waals surface area contributed by atoms with E-state index < -0.39 is 11.9 Å². The van der Waals surface area contributed by atoms with Crippen molar-refractivity contribution >= 4 is 11.9 Å². The Morgan fingerprint density at radius 3 is 1.52 bits per heavy atom. The molecule has 0 saturated carbocycles. The number of rotatable bonds is 19. The highest BCUT2D eigenvalue weighted by Gasteiger charge is 2.22. The average Bonchev–Trinajstić information content (AvgIpc) is 2.74. The Balaban J connectivity index is 2.71. The highest BCUT2D eigenvalue weighted by atomic mass is 16.4. The smallest absolute Gasteiger partial charge is 0.336 e. The first-order valence-corrected chi connectivity index (χ1v) is 12.6. The van der Waals surface area contributed by atoms with E-state index in [2.05, 4.69) is 13.8 Å². The molecule has 176 valence electrons. The fourth-order valence-corrected chi connectivity index (χ4v) is 4.34. The molecule has 2 N–H and O–H groups in total.